The maximum atomic E-state index is 14.5. The van der Waals surface area contributed by atoms with Gasteiger partial charge in [-0.1, -0.05) is 42.5 Å². The second-order valence-corrected chi connectivity index (χ2v) is 10.7. The molecule has 0 heterocycles. The summed E-state index contributed by atoms with van der Waals surface area (Å²) in [4.78, 5) is 14.5. The number of carbonyl (C=O) groups excluding carboxylic acids is 1. The molecule has 0 aliphatic rings. The molecule has 5 heteroatoms. The smallest absolute Gasteiger partial charge is 0.193 e. The van der Waals surface area contributed by atoms with Crippen LogP contribution in [0, 0.1) is 45.3 Å². The molecule has 0 radical (unpaired) electrons. The Kier molecular flexibility index (Phi) is 9.11. The Balaban J connectivity index is 1.74. The van der Waals surface area contributed by atoms with Gasteiger partial charge < -0.3 is 0 Å². The Morgan fingerprint density at radius 2 is 0.957 bits per heavy atom. The summed E-state index contributed by atoms with van der Waals surface area (Å²) in [5, 5.41) is 38.0. The van der Waals surface area contributed by atoms with Crippen LogP contribution in [0.25, 0.3) is 39.0 Å². The van der Waals surface area contributed by atoms with Crippen molar-refractivity contribution in [2.24, 2.45) is 0 Å². The minimum Gasteiger partial charge on any atom is -0.289 e. The highest BCUT2D eigenvalue weighted by molar-refractivity contribution is 6.11. The van der Waals surface area contributed by atoms with Crippen molar-refractivity contribution in [1.29, 1.82) is 21.0 Å². The molecule has 0 saturated heterocycles. The predicted molar refractivity (Wildman–Crippen MR) is 180 cm³/mol. The molecule has 216 valence electrons. The van der Waals surface area contributed by atoms with Crippen LogP contribution in [0.5, 0.6) is 0 Å². The van der Waals surface area contributed by atoms with Crippen molar-refractivity contribution in [2.45, 2.75) is 13.8 Å². The van der Waals surface area contributed by atoms with Crippen molar-refractivity contribution < 1.29 is 4.79 Å². The molecule has 0 amide bonds. The maximum Gasteiger partial charge on any atom is 0.193 e. The van der Waals surface area contributed by atoms with E-state index in [1.54, 1.807) is 67.6 Å². The first kappa shape index (κ1) is 30.7. The fraction of sp³-hybridized carbons (Fsp3) is 0.0488. The van der Waals surface area contributed by atoms with E-state index in [4.69, 9.17) is 0 Å². The van der Waals surface area contributed by atoms with E-state index in [0.717, 1.165) is 44.5 Å². The van der Waals surface area contributed by atoms with Crippen molar-refractivity contribution in [3.63, 3.8) is 0 Å². The quantitative estimate of drug-likeness (QED) is 0.106. The molecule has 0 unspecified atom stereocenters. The fourth-order valence-electron chi connectivity index (χ4n) is 5.25. The summed E-state index contributed by atoms with van der Waals surface area (Å²) in [7, 11) is 0. The Hall–Kier alpha value is -6.79. The van der Waals surface area contributed by atoms with Gasteiger partial charge in [-0.25, -0.2) is 0 Å². The van der Waals surface area contributed by atoms with Gasteiger partial charge in [-0.05, 0) is 137 Å². The van der Waals surface area contributed by atoms with Crippen LogP contribution in [-0.2, 0) is 0 Å². The molecule has 0 bridgehead atoms. The van der Waals surface area contributed by atoms with Crippen molar-refractivity contribution in [2.75, 3.05) is 0 Å². The van der Waals surface area contributed by atoms with Gasteiger partial charge in [0.1, 0.15) is 0 Å². The van der Waals surface area contributed by atoms with Crippen LogP contribution >= 0.6 is 0 Å². The van der Waals surface area contributed by atoms with Gasteiger partial charge >= 0.3 is 0 Å². The molecule has 0 aromatic heterocycles. The summed E-state index contributed by atoms with van der Waals surface area (Å²) in [5.41, 5.74) is 9.00. The highest BCUT2D eigenvalue weighted by Gasteiger charge is 2.17. The molecule has 0 spiro atoms. The monoisotopic (exact) mass is 590 g/mol. The van der Waals surface area contributed by atoms with E-state index < -0.39 is 0 Å². The summed E-state index contributed by atoms with van der Waals surface area (Å²) in [6, 6.07) is 41.5. The van der Waals surface area contributed by atoms with Gasteiger partial charge in [-0.15, -0.1) is 0 Å². The molecule has 0 fully saturated rings. The number of benzene rings is 5. The van der Waals surface area contributed by atoms with Crippen LogP contribution < -0.4 is 0 Å². The third kappa shape index (κ3) is 6.72. The number of nitriles is 4. The van der Waals surface area contributed by atoms with Crippen LogP contribution in [-0.4, -0.2) is 5.78 Å². The van der Waals surface area contributed by atoms with E-state index in [0.29, 0.717) is 33.4 Å². The van der Waals surface area contributed by atoms with Crippen LogP contribution in [0.3, 0.4) is 0 Å². The number of ketones is 1. The normalized spacial score (nSPS) is 11.1. The zero-order valence-electron chi connectivity index (χ0n) is 25.2. The molecule has 0 saturated carbocycles. The van der Waals surface area contributed by atoms with Crippen LogP contribution in [0.1, 0.15) is 52.0 Å². The second-order valence-electron chi connectivity index (χ2n) is 10.7. The van der Waals surface area contributed by atoms with Crippen molar-refractivity contribution in [3.8, 4) is 57.7 Å². The van der Waals surface area contributed by atoms with Gasteiger partial charge in [0.25, 0.3) is 0 Å². The lowest BCUT2D eigenvalue weighted by atomic mass is 9.89. The Morgan fingerprint density at radius 3 is 1.37 bits per heavy atom. The third-order valence-corrected chi connectivity index (χ3v) is 7.56. The lowest BCUT2D eigenvalue weighted by Crippen LogP contribution is -2.04. The van der Waals surface area contributed by atoms with E-state index in [1.165, 1.54) is 0 Å². The number of hydrogen-bond acceptors (Lipinski definition) is 5. The molecule has 5 nitrogen and oxygen atoms in total. The van der Waals surface area contributed by atoms with E-state index in [2.05, 4.69) is 24.3 Å². The highest BCUT2D eigenvalue weighted by Crippen LogP contribution is 2.33. The standard InChI is InChI=1S/C41H26N4O/c1-3-31(13-27(2)23-42)35-17-36(32-10-4-7-28(14-32)24-43)20-39(19-35)41(46)40-21-37(33-11-5-8-29(15-33)25-44)18-38(22-40)34-12-6-9-30(16-34)26-45/h3-22H,1-2H3/b27-13+,31-3+. The lowest BCUT2D eigenvalue weighted by Gasteiger charge is -2.14. The molecular formula is C41H26N4O. The van der Waals surface area contributed by atoms with Crippen molar-refractivity contribution >= 4 is 11.4 Å². The molecule has 0 atom stereocenters. The third-order valence-electron chi connectivity index (χ3n) is 7.56. The zero-order chi connectivity index (χ0) is 32.6. The van der Waals surface area contributed by atoms with Gasteiger partial charge in [-0.2, -0.15) is 21.0 Å². The molecule has 0 aliphatic heterocycles. The summed E-state index contributed by atoms with van der Waals surface area (Å²) in [5.74, 6) is -0.230. The predicted octanol–water partition coefficient (Wildman–Crippen LogP) is 9.41. The highest BCUT2D eigenvalue weighted by atomic mass is 16.1. The van der Waals surface area contributed by atoms with Crippen molar-refractivity contribution in [3.05, 3.63) is 160 Å². The Labute approximate surface area is 268 Å². The lowest BCUT2D eigenvalue weighted by molar-refractivity contribution is 0.103. The molecule has 5 aromatic carbocycles. The first-order chi connectivity index (χ1) is 22.3. The van der Waals surface area contributed by atoms with Gasteiger partial charge in [0.05, 0.1) is 41.0 Å². The van der Waals surface area contributed by atoms with E-state index in [9.17, 15) is 25.8 Å². The van der Waals surface area contributed by atoms with Crippen LogP contribution in [0.2, 0.25) is 0 Å². The molecule has 5 rings (SSSR count). The SMILES string of the molecule is C/C=C(\C=C(/C)C#N)c1cc(C(=O)c2cc(-c3cccc(C#N)c3)cc(-c3cccc(C#N)c3)c2)cc(-c2cccc(C#N)c2)c1. The van der Waals surface area contributed by atoms with Gasteiger partial charge in [0.2, 0.25) is 0 Å². The average Bonchev–Trinajstić information content (AvgIpc) is 3.12. The number of hydrogen-bond donors (Lipinski definition) is 0. The number of allylic oxidation sites excluding steroid dienone is 4. The first-order valence-electron chi connectivity index (χ1n) is 14.5. The van der Waals surface area contributed by atoms with Crippen molar-refractivity contribution in [1.82, 2.24) is 0 Å². The number of rotatable bonds is 7. The summed E-state index contributed by atoms with van der Waals surface area (Å²) in [6.45, 7) is 3.60. The fourth-order valence-corrected chi connectivity index (χ4v) is 5.25. The molecule has 46 heavy (non-hydrogen) atoms. The topological polar surface area (TPSA) is 112 Å². The second kappa shape index (κ2) is 13.7. The van der Waals surface area contributed by atoms with Crippen LogP contribution in [0.4, 0.5) is 0 Å². The van der Waals surface area contributed by atoms with E-state index in [1.807, 2.05) is 67.6 Å². The zero-order valence-corrected chi connectivity index (χ0v) is 25.2. The van der Waals surface area contributed by atoms with Gasteiger partial charge in [0, 0.05) is 16.7 Å². The molecule has 0 N–H and O–H groups in total. The first-order valence-corrected chi connectivity index (χ1v) is 14.5. The number of carbonyl (C=O) groups is 1. The van der Waals surface area contributed by atoms with Gasteiger partial charge in [0.15, 0.2) is 5.78 Å². The maximum absolute atomic E-state index is 14.5. The average molecular weight is 591 g/mol. The summed E-state index contributed by atoms with van der Waals surface area (Å²) >= 11 is 0. The number of nitrogens with zero attached hydrogens (tertiary/aromatic N) is 4. The van der Waals surface area contributed by atoms with Gasteiger partial charge in [-0.3, -0.25) is 4.79 Å². The summed E-state index contributed by atoms with van der Waals surface area (Å²) < 4.78 is 0. The molecular weight excluding hydrogens is 564 g/mol. The Bertz CT molecular complexity index is 2170. The van der Waals surface area contributed by atoms with E-state index >= 15 is 0 Å². The van der Waals surface area contributed by atoms with E-state index in [-0.39, 0.29) is 5.78 Å². The summed E-state index contributed by atoms with van der Waals surface area (Å²) in [6.07, 6.45) is 3.67. The molecule has 5 aromatic rings. The van der Waals surface area contributed by atoms with Crippen LogP contribution in [0.15, 0.2) is 127 Å². The Morgan fingerprint density at radius 1 is 0.543 bits per heavy atom. The molecule has 0 aliphatic carbocycles. The minimum absolute atomic E-state index is 0.230. The minimum atomic E-state index is -0.230. The largest absolute Gasteiger partial charge is 0.289 e.